The summed E-state index contributed by atoms with van der Waals surface area (Å²) in [5.41, 5.74) is 0. The third-order valence-electron chi connectivity index (χ3n) is 9.78. The summed E-state index contributed by atoms with van der Waals surface area (Å²) in [6.07, 6.45) is -8.17. The van der Waals surface area contributed by atoms with Crippen LogP contribution in [0, 0.1) is 0 Å². The van der Waals surface area contributed by atoms with Crippen LogP contribution in [0.5, 0.6) is 0 Å². The molecule has 0 aliphatic heterocycles. The monoisotopic (exact) mass is 1480 g/mol. The molecule has 0 rings (SSSR count). The van der Waals surface area contributed by atoms with Crippen LogP contribution in [0.1, 0.15) is 96.3 Å². The van der Waals surface area contributed by atoms with Crippen molar-refractivity contribution in [3.05, 3.63) is 12.7 Å². The Hall–Kier alpha value is 0.700. The molecule has 66 heavy (non-hydrogen) atoms. The molecule has 0 aromatic carbocycles. The van der Waals surface area contributed by atoms with Gasteiger partial charge in [0, 0.05) is 53.6 Å². The first-order chi connectivity index (χ1) is 28.9. The van der Waals surface area contributed by atoms with Crippen LogP contribution in [-0.4, -0.2) is 92.7 Å². The van der Waals surface area contributed by atoms with Crippen LogP contribution >= 0.6 is 90.4 Å². The molecular weight excluding hydrogens is 1450 g/mol. The Morgan fingerprint density at radius 2 is 0.500 bits per heavy atom. The number of halogens is 32. The van der Waals surface area contributed by atoms with Gasteiger partial charge < -0.3 is 0 Å². The van der Waals surface area contributed by atoms with Crippen LogP contribution in [0.25, 0.3) is 0 Å². The van der Waals surface area contributed by atoms with Gasteiger partial charge in [0.2, 0.25) is 0 Å². The van der Waals surface area contributed by atoms with Crippen molar-refractivity contribution in [1.29, 1.82) is 0 Å². The fourth-order valence-corrected chi connectivity index (χ4v) is 8.99. The van der Waals surface area contributed by atoms with E-state index in [2.05, 4.69) is 6.58 Å². The highest BCUT2D eigenvalue weighted by Crippen LogP contribution is 2.65. The van der Waals surface area contributed by atoms with Crippen molar-refractivity contribution < 1.29 is 123 Å². The van der Waals surface area contributed by atoms with Gasteiger partial charge in [0.25, 0.3) is 0 Å². The van der Waals surface area contributed by atoms with E-state index in [1.54, 1.807) is 0 Å². The Kier molecular flexibility index (Phi) is 23.1. The van der Waals surface area contributed by atoms with E-state index >= 15 is 0 Å². The molecule has 0 saturated carbocycles. The zero-order chi connectivity index (χ0) is 53.0. The molecule has 0 nitrogen and oxygen atoms in total. The number of alkyl halides is 32. The standard InChI is InChI=1S/C34H36F28I4/c1-2-3-4-5-6-9-12-18(63)15-21(35,36)24(41,42)27(47,48)30(53,54)31(55,56)28(49,50)25(43,44)22(37,38)16-19(64)13-10-7-8-11-14-20(65)17-23(39,40)26(45,46)29(51,52)32(57,58)33(59,60)34(61,62)66/h2,18-20H,1,3-17H2. The summed E-state index contributed by atoms with van der Waals surface area (Å²) in [5.74, 6) is -99.0. The predicted octanol–water partition coefficient (Wildman–Crippen LogP) is 18.7. The van der Waals surface area contributed by atoms with E-state index in [1.807, 2.05) is 0 Å². The lowest BCUT2D eigenvalue weighted by Crippen LogP contribution is -2.74. The Balaban J connectivity index is 5.75. The molecule has 396 valence electrons. The number of unbranched alkanes of at least 4 members (excludes halogenated alkanes) is 7. The van der Waals surface area contributed by atoms with Crippen LogP contribution in [0.15, 0.2) is 12.7 Å². The van der Waals surface area contributed by atoms with Crippen molar-refractivity contribution in [2.45, 2.75) is 189 Å². The third-order valence-corrected chi connectivity index (χ3v) is 13.6. The number of rotatable bonds is 32. The van der Waals surface area contributed by atoms with E-state index in [0.29, 0.717) is 19.3 Å². The summed E-state index contributed by atoms with van der Waals surface area (Å²) in [6.45, 7) is 3.41. The van der Waals surface area contributed by atoms with Crippen molar-refractivity contribution in [2.75, 3.05) is 0 Å². The maximum atomic E-state index is 14.6. The van der Waals surface area contributed by atoms with Crippen molar-refractivity contribution >= 4 is 90.4 Å². The minimum Gasteiger partial charge on any atom is -0.200 e. The maximum Gasteiger partial charge on any atom is 0.387 e. The van der Waals surface area contributed by atoms with Crippen LogP contribution in [0.3, 0.4) is 0 Å². The van der Waals surface area contributed by atoms with Gasteiger partial charge in [-0.25, -0.2) is 0 Å². The second kappa shape index (κ2) is 22.9. The van der Waals surface area contributed by atoms with Gasteiger partial charge in [-0.05, 0) is 32.1 Å². The smallest absolute Gasteiger partial charge is 0.200 e. The number of hydrogen-bond acceptors (Lipinski definition) is 0. The fraction of sp³-hybridized carbons (Fsp3) is 0.941. The molecular formula is C34H36F28I4. The molecule has 0 amide bonds. The average Bonchev–Trinajstić information content (AvgIpc) is 3.12. The Morgan fingerprint density at radius 1 is 0.303 bits per heavy atom. The summed E-state index contributed by atoms with van der Waals surface area (Å²) in [5, 5.41) is 0. The summed E-state index contributed by atoms with van der Waals surface area (Å²) in [7, 11) is 0. The maximum absolute atomic E-state index is 14.6. The molecule has 3 atom stereocenters. The van der Waals surface area contributed by atoms with Gasteiger partial charge in [0.1, 0.15) is 0 Å². The van der Waals surface area contributed by atoms with Gasteiger partial charge in [-0.1, -0.05) is 119 Å². The lowest BCUT2D eigenvalue weighted by Gasteiger charge is -2.44. The summed E-state index contributed by atoms with van der Waals surface area (Å²) in [6, 6.07) is 0. The molecule has 0 aliphatic carbocycles. The van der Waals surface area contributed by atoms with Gasteiger partial charge in [0.05, 0.1) is 0 Å². The Morgan fingerprint density at radius 3 is 0.712 bits per heavy atom. The molecule has 0 N–H and O–H groups in total. The summed E-state index contributed by atoms with van der Waals surface area (Å²) >= 11 is 1.82. The largest absolute Gasteiger partial charge is 0.387 e. The third kappa shape index (κ3) is 13.3. The molecule has 0 spiro atoms. The quantitative estimate of drug-likeness (QED) is 0.0207. The second-order valence-electron chi connectivity index (χ2n) is 15.0. The van der Waals surface area contributed by atoms with E-state index in [9.17, 15) is 123 Å². The number of hydrogen-bond donors (Lipinski definition) is 0. The molecule has 0 saturated heterocycles. The van der Waals surface area contributed by atoms with E-state index in [4.69, 9.17) is 0 Å². The molecule has 0 fully saturated rings. The van der Waals surface area contributed by atoms with E-state index < -0.39 is 167 Å². The van der Waals surface area contributed by atoms with Crippen LogP contribution in [0.4, 0.5) is 123 Å². The lowest BCUT2D eigenvalue weighted by atomic mass is 9.86. The SMILES string of the molecule is C=CCCCCCCC(I)CC(F)(F)C(F)(F)C(F)(F)C(F)(F)C(F)(F)C(F)(F)C(F)(F)C(F)(F)CC(I)CCCCCCC(I)CC(F)(F)C(F)(F)C(F)(F)C(F)(F)C(F)(F)C(F)(F)I. The minimum absolute atomic E-state index is 0.0377. The average molecular weight is 1480 g/mol. The van der Waals surface area contributed by atoms with E-state index in [1.165, 1.54) is 6.08 Å². The zero-order valence-corrected chi connectivity index (χ0v) is 41.3. The molecule has 0 aromatic heterocycles. The first-order valence-corrected chi connectivity index (χ1v) is 23.3. The van der Waals surface area contributed by atoms with Crippen LogP contribution in [-0.2, 0) is 0 Å². The number of allylic oxidation sites excluding steroid dienone is 1. The summed E-state index contributed by atoms with van der Waals surface area (Å²) < 4.78 is 383. The first-order valence-electron chi connectivity index (χ1n) is 18.5. The Labute approximate surface area is 412 Å². The van der Waals surface area contributed by atoms with Crippen molar-refractivity contribution in [3.63, 3.8) is 0 Å². The highest BCUT2D eigenvalue weighted by molar-refractivity contribution is 14.1. The first kappa shape index (κ1) is 66.7. The molecule has 3 unspecified atom stereocenters. The molecule has 32 heteroatoms. The topological polar surface area (TPSA) is 0 Å². The van der Waals surface area contributed by atoms with E-state index in [-0.39, 0.29) is 25.7 Å². The van der Waals surface area contributed by atoms with Gasteiger partial charge >= 0.3 is 80.9 Å². The van der Waals surface area contributed by atoms with E-state index in [0.717, 1.165) is 67.8 Å². The van der Waals surface area contributed by atoms with Crippen molar-refractivity contribution in [3.8, 4) is 0 Å². The van der Waals surface area contributed by atoms with Crippen molar-refractivity contribution in [2.24, 2.45) is 0 Å². The van der Waals surface area contributed by atoms with Gasteiger partial charge in [-0.3, -0.25) is 0 Å². The van der Waals surface area contributed by atoms with Gasteiger partial charge in [-0.15, -0.1) is 6.58 Å². The highest BCUT2D eigenvalue weighted by atomic mass is 127. The molecule has 0 bridgehead atoms. The molecule has 0 radical (unpaired) electrons. The second-order valence-corrected chi connectivity index (χ2v) is 21.7. The fourth-order valence-electron chi connectivity index (χ4n) is 5.67. The minimum atomic E-state index is -8.62. The zero-order valence-electron chi connectivity index (χ0n) is 32.7. The summed E-state index contributed by atoms with van der Waals surface area (Å²) in [4.78, 5) is 0. The van der Waals surface area contributed by atoms with Gasteiger partial charge in [-0.2, -0.15) is 123 Å². The normalized spacial score (nSPS) is 17.0. The van der Waals surface area contributed by atoms with Crippen LogP contribution < -0.4 is 0 Å². The molecule has 0 aliphatic rings. The van der Waals surface area contributed by atoms with Crippen LogP contribution in [0.2, 0.25) is 0 Å². The van der Waals surface area contributed by atoms with Gasteiger partial charge in [0.15, 0.2) is 0 Å². The lowest BCUT2D eigenvalue weighted by molar-refractivity contribution is -0.453. The Bertz CT molecular complexity index is 1530. The highest BCUT2D eigenvalue weighted by Gasteiger charge is 2.95. The molecule has 0 aromatic rings. The predicted molar refractivity (Wildman–Crippen MR) is 216 cm³/mol. The molecule has 0 heterocycles. The van der Waals surface area contributed by atoms with Crippen molar-refractivity contribution in [1.82, 2.24) is 0 Å².